The second-order valence-corrected chi connectivity index (χ2v) is 3.09. The van der Waals surface area contributed by atoms with Crippen molar-refractivity contribution in [1.82, 2.24) is 0 Å². The van der Waals surface area contributed by atoms with Gasteiger partial charge in [-0.15, -0.1) is 0 Å². The summed E-state index contributed by atoms with van der Waals surface area (Å²) >= 11 is 5.72. The number of rotatable bonds is 4. The zero-order chi connectivity index (χ0) is 12.1. The average Bonchev–Trinajstić information content (AvgIpc) is 2.19. The Morgan fingerprint density at radius 1 is 1.25 bits per heavy atom. The van der Waals surface area contributed by atoms with E-state index < -0.39 is 17.7 Å². The van der Waals surface area contributed by atoms with Gasteiger partial charge < -0.3 is 14.9 Å². The van der Waals surface area contributed by atoms with Crippen LogP contribution in [0.1, 0.15) is 0 Å². The van der Waals surface area contributed by atoms with Crippen LogP contribution in [-0.2, 0) is 9.59 Å². The van der Waals surface area contributed by atoms with Gasteiger partial charge in [0.05, 0.1) is 11.1 Å². The Hall–Kier alpha value is -2.01. The fourth-order valence-electron chi connectivity index (χ4n) is 0.893. The lowest BCUT2D eigenvalue weighted by molar-refractivity contribution is -0.137. The van der Waals surface area contributed by atoms with Crippen LogP contribution in [0.3, 0.4) is 0 Å². The SMILES string of the molecule is O=C(O)/C=C(\Oc1ccccc1Cl)C(=O)O. The Balaban J connectivity index is 2.98. The molecule has 84 valence electrons. The van der Waals surface area contributed by atoms with Gasteiger partial charge in [-0.05, 0) is 12.1 Å². The molecule has 0 bridgehead atoms. The molecule has 0 fully saturated rings. The molecular formula is C10H7ClO5. The maximum atomic E-state index is 10.7. The molecule has 0 spiro atoms. The van der Waals surface area contributed by atoms with Crippen molar-refractivity contribution in [3.05, 3.63) is 41.1 Å². The Morgan fingerprint density at radius 3 is 2.38 bits per heavy atom. The van der Waals surface area contributed by atoms with Crippen LogP contribution in [0.4, 0.5) is 0 Å². The van der Waals surface area contributed by atoms with Crippen molar-refractivity contribution in [1.29, 1.82) is 0 Å². The summed E-state index contributed by atoms with van der Waals surface area (Å²) in [6, 6.07) is 6.15. The minimum atomic E-state index is -1.48. The first-order valence-corrected chi connectivity index (χ1v) is 4.49. The van der Waals surface area contributed by atoms with Crippen LogP contribution in [0, 0.1) is 0 Å². The van der Waals surface area contributed by atoms with E-state index in [9.17, 15) is 9.59 Å². The fraction of sp³-hybridized carbons (Fsp3) is 0. The minimum absolute atomic E-state index is 0.0825. The van der Waals surface area contributed by atoms with Gasteiger partial charge in [0.25, 0.3) is 0 Å². The third kappa shape index (κ3) is 3.29. The number of ether oxygens (including phenoxy) is 1. The second-order valence-electron chi connectivity index (χ2n) is 2.68. The molecule has 16 heavy (non-hydrogen) atoms. The van der Waals surface area contributed by atoms with Gasteiger partial charge in [0.2, 0.25) is 5.76 Å². The van der Waals surface area contributed by atoms with E-state index in [2.05, 4.69) is 0 Å². The first-order chi connectivity index (χ1) is 7.50. The van der Waals surface area contributed by atoms with Crippen LogP contribution in [0.25, 0.3) is 0 Å². The monoisotopic (exact) mass is 242 g/mol. The zero-order valence-electron chi connectivity index (χ0n) is 7.88. The second kappa shape index (κ2) is 5.18. The fourth-order valence-corrected chi connectivity index (χ4v) is 1.07. The number of halogens is 1. The van der Waals surface area contributed by atoms with E-state index in [4.69, 9.17) is 26.6 Å². The van der Waals surface area contributed by atoms with E-state index in [1.165, 1.54) is 12.1 Å². The maximum absolute atomic E-state index is 10.7. The van der Waals surface area contributed by atoms with Crippen LogP contribution in [0.5, 0.6) is 5.75 Å². The Labute approximate surface area is 95.5 Å². The van der Waals surface area contributed by atoms with Crippen molar-refractivity contribution in [2.75, 3.05) is 0 Å². The Morgan fingerprint density at radius 2 is 1.88 bits per heavy atom. The predicted molar refractivity (Wildman–Crippen MR) is 55.4 cm³/mol. The number of carbonyl (C=O) groups is 2. The van der Waals surface area contributed by atoms with Crippen LogP contribution in [0.2, 0.25) is 5.02 Å². The van der Waals surface area contributed by atoms with Crippen LogP contribution in [0.15, 0.2) is 36.1 Å². The molecule has 0 unspecified atom stereocenters. The smallest absolute Gasteiger partial charge is 0.372 e. The van der Waals surface area contributed by atoms with Crippen molar-refractivity contribution in [3.8, 4) is 5.75 Å². The molecule has 2 N–H and O–H groups in total. The largest absolute Gasteiger partial charge is 0.478 e. The molecule has 5 nitrogen and oxygen atoms in total. The Bertz CT molecular complexity index is 452. The predicted octanol–water partition coefficient (Wildman–Crippen LogP) is 1.77. The van der Waals surface area contributed by atoms with Crippen molar-refractivity contribution in [2.24, 2.45) is 0 Å². The Kier molecular flexibility index (Phi) is 3.90. The normalized spacial score (nSPS) is 10.9. The summed E-state index contributed by atoms with van der Waals surface area (Å²) in [5.74, 6) is -3.52. The lowest BCUT2D eigenvalue weighted by Gasteiger charge is -2.06. The molecule has 0 aliphatic carbocycles. The van der Waals surface area contributed by atoms with Gasteiger partial charge in [-0.2, -0.15) is 0 Å². The number of hydrogen-bond acceptors (Lipinski definition) is 3. The maximum Gasteiger partial charge on any atom is 0.372 e. The van der Waals surface area contributed by atoms with Gasteiger partial charge in [0.15, 0.2) is 0 Å². The minimum Gasteiger partial charge on any atom is -0.478 e. The number of carboxylic acids is 2. The van der Waals surface area contributed by atoms with E-state index in [0.29, 0.717) is 6.08 Å². The first kappa shape index (κ1) is 12.1. The molecule has 0 aliphatic rings. The highest BCUT2D eigenvalue weighted by Crippen LogP contribution is 2.25. The standard InChI is InChI=1S/C10H7ClO5/c11-6-3-1-2-4-7(6)16-8(10(14)15)5-9(12)13/h1-5H,(H,12,13)(H,14,15)/b8-5-. The van der Waals surface area contributed by atoms with E-state index in [1.807, 2.05) is 0 Å². The van der Waals surface area contributed by atoms with Gasteiger partial charge in [-0.25, -0.2) is 9.59 Å². The van der Waals surface area contributed by atoms with Crippen molar-refractivity contribution in [2.45, 2.75) is 0 Å². The number of carboxylic acid groups (broad SMARTS) is 2. The molecular weight excluding hydrogens is 236 g/mol. The quantitative estimate of drug-likeness (QED) is 0.621. The summed E-state index contributed by atoms with van der Waals surface area (Å²) < 4.78 is 4.87. The van der Waals surface area contributed by atoms with E-state index in [-0.39, 0.29) is 10.8 Å². The number of hydrogen-bond donors (Lipinski definition) is 2. The molecule has 0 amide bonds. The molecule has 1 aromatic rings. The molecule has 1 aromatic carbocycles. The average molecular weight is 243 g/mol. The van der Waals surface area contributed by atoms with Gasteiger partial charge in [-0.3, -0.25) is 0 Å². The van der Waals surface area contributed by atoms with Crippen molar-refractivity contribution < 1.29 is 24.5 Å². The molecule has 0 radical (unpaired) electrons. The zero-order valence-corrected chi connectivity index (χ0v) is 8.64. The number of benzene rings is 1. The highest BCUT2D eigenvalue weighted by atomic mass is 35.5. The summed E-state index contributed by atoms with van der Waals surface area (Å²) in [4.78, 5) is 21.0. The van der Waals surface area contributed by atoms with Gasteiger partial charge in [-0.1, -0.05) is 23.7 Å². The molecule has 6 heteroatoms. The molecule has 0 saturated carbocycles. The van der Waals surface area contributed by atoms with E-state index >= 15 is 0 Å². The molecule has 1 rings (SSSR count). The topological polar surface area (TPSA) is 83.8 Å². The lowest BCUT2D eigenvalue weighted by Crippen LogP contribution is -2.10. The molecule has 0 aromatic heterocycles. The first-order valence-electron chi connectivity index (χ1n) is 4.11. The van der Waals surface area contributed by atoms with Crippen LogP contribution >= 0.6 is 11.6 Å². The van der Waals surface area contributed by atoms with Gasteiger partial charge >= 0.3 is 11.9 Å². The van der Waals surface area contributed by atoms with Gasteiger partial charge in [0.1, 0.15) is 5.75 Å². The molecule has 0 heterocycles. The summed E-state index contributed by atoms with van der Waals surface area (Å²) in [5.41, 5.74) is 0. The van der Waals surface area contributed by atoms with Crippen LogP contribution in [-0.4, -0.2) is 22.2 Å². The third-order valence-electron chi connectivity index (χ3n) is 1.52. The van der Waals surface area contributed by atoms with E-state index in [1.54, 1.807) is 12.1 Å². The lowest BCUT2D eigenvalue weighted by atomic mass is 10.3. The molecule has 0 atom stereocenters. The summed E-state index contributed by atoms with van der Waals surface area (Å²) in [5, 5.41) is 17.3. The summed E-state index contributed by atoms with van der Waals surface area (Å²) in [6.07, 6.45) is 0.450. The summed E-state index contributed by atoms with van der Waals surface area (Å²) in [6.45, 7) is 0. The highest BCUT2D eigenvalue weighted by Gasteiger charge is 2.13. The van der Waals surface area contributed by atoms with Crippen molar-refractivity contribution >= 4 is 23.5 Å². The van der Waals surface area contributed by atoms with Crippen LogP contribution < -0.4 is 4.74 Å². The molecule has 0 saturated heterocycles. The van der Waals surface area contributed by atoms with Gasteiger partial charge in [0, 0.05) is 0 Å². The number of para-hydroxylation sites is 1. The third-order valence-corrected chi connectivity index (χ3v) is 1.83. The number of aliphatic carboxylic acids is 2. The highest BCUT2D eigenvalue weighted by molar-refractivity contribution is 6.32. The summed E-state index contributed by atoms with van der Waals surface area (Å²) in [7, 11) is 0. The van der Waals surface area contributed by atoms with Crippen molar-refractivity contribution in [3.63, 3.8) is 0 Å². The van der Waals surface area contributed by atoms with E-state index in [0.717, 1.165) is 0 Å². The molecule has 0 aliphatic heterocycles.